The smallest absolute Gasteiger partial charge is 0.231 e. The van der Waals surface area contributed by atoms with E-state index >= 15 is 0 Å². The monoisotopic (exact) mass is 309 g/mol. The lowest BCUT2D eigenvalue weighted by atomic mass is 10.00. The summed E-state index contributed by atoms with van der Waals surface area (Å²) in [6, 6.07) is 9.39. The number of anilines is 2. The molecule has 0 aliphatic carbocycles. The Balaban J connectivity index is 1.76. The van der Waals surface area contributed by atoms with Gasteiger partial charge in [0.15, 0.2) is 0 Å². The van der Waals surface area contributed by atoms with Gasteiger partial charge in [0.05, 0.1) is 5.92 Å². The molecule has 2 heterocycles. The molecule has 0 fully saturated rings. The van der Waals surface area contributed by atoms with Gasteiger partial charge in [-0.25, -0.2) is 0 Å². The standard InChI is InChI=1S/C18H19N3O2/c1-12(14-4-3-9-19-11-14)18(23)20-15-6-7-16-13(10-15)5-8-17(22)21(16)2/h3-4,6-7,9-12H,5,8H2,1-2H3,(H,20,23)/t12-/m1/s1. The number of hydrogen-bond acceptors (Lipinski definition) is 3. The lowest BCUT2D eigenvalue weighted by Crippen LogP contribution is -2.31. The summed E-state index contributed by atoms with van der Waals surface area (Å²) in [4.78, 5) is 29.8. The molecule has 0 radical (unpaired) electrons. The Kier molecular flexibility index (Phi) is 4.10. The summed E-state index contributed by atoms with van der Waals surface area (Å²) in [5.74, 6) is -0.221. The zero-order valence-electron chi connectivity index (χ0n) is 13.2. The van der Waals surface area contributed by atoms with Gasteiger partial charge in [0.1, 0.15) is 0 Å². The fourth-order valence-electron chi connectivity index (χ4n) is 2.77. The Labute approximate surface area is 135 Å². The molecule has 1 aromatic heterocycles. The first-order valence-electron chi connectivity index (χ1n) is 7.66. The summed E-state index contributed by atoms with van der Waals surface area (Å²) in [5, 5.41) is 2.95. The molecule has 0 saturated carbocycles. The van der Waals surface area contributed by atoms with Crippen LogP contribution in [0.5, 0.6) is 0 Å². The number of aryl methyl sites for hydroxylation is 1. The molecule has 2 amide bonds. The van der Waals surface area contributed by atoms with Crippen molar-refractivity contribution in [2.45, 2.75) is 25.7 Å². The van der Waals surface area contributed by atoms with Crippen LogP contribution >= 0.6 is 0 Å². The highest BCUT2D eigenvalue weighted by Gasteiger charge is 2.21. The highest BCUT2D eigenvalue weighted by molar-refractivity contribution is 5.98. The van der Waals surface area contributed by atoms with E-state index in [1.165, 1.54) is 0 Å². The van der Waals surface area contributed by atoms with Crippen LogP contribution in [0.25, 0.3) is 0 Å². The summed E-state index contributed by atoms with van der Waals surface area (Å²) in [6.45, 7) is 1.86. The molecule has 0 bridgehead atoms. The van der Waals surface area contributed by atoms with Crippen molar-refractivity contribution in [2.75, 3.05) is 17.3 Å². The molecule has 5 nitrogen and oxygen atoms in total. The number of nitrogens with zero attached hydrogens (tertiary/aromatic N) is 2. The van der Waals surface area contributed by atoms with E-state index in [4.69, 9.17) is 0 Å². The van der Waals surface area contributed by atoms with Crippen LogP contribution in [0.1, 0.15) is 30.4 Å². The predicted molar refractivity (Wildman–Crippen MR) is 89.5 cm³/mol. The Morgan fingerprint density at radius 1 is 1.30 bits per heavy atom. The average Bonchev–Trinajstić information content (AvgIpc) is 2.58. The largest absolute Gasteiger partial charge is 0.326 e. The first kappa shape index (κ1) is 15.2. The van der Waals surface area contributed by atoms with Gasteiger partial charge in [0, 0.05) is 37.2 Å². The number of rotatable bonds is 3. The van der Waals surface area contributed by atoms with E-state index in [-0.39, 0.29) is 17.7 Å². The van der Waals surface area contributed by atoms with E-state index in [0.717, 1.165) is 22.5 Å². The topological polar surface area (TPSA) is 62.3 Å². The highest BCUT2D eigenvalue weighted by Crippen LogP contribution is 2.29. The molecule has 1 N–H and O–H groups in total. The number of pyridine rings is 1. The molecule has 1 atom stereocenters. The summed E-state index contributed by atoms with van der Waals surface area (Å²) < 4.78 is 0. The van der Waals surface area contributed by atoms with Gasteiger partial charge in [0.25, 0.3) is 0 Å². The van der Waals surface area contributed by atoms with Crippen molar-refractivity contribution in [3.63, 3.8) is 0 Å². The van der Waals surface area contributed by atoms with Gasteiger partial charge in [-0.1, -0.05) is 6.07 Å². The molecule has 5 heteroatoms. The number of nitrogens with one attached hydrogen (secondary N) is 1. The minimum absolute atomic E-state index is 0.0711. The number of hydrogen-bond donors (Lipinski definition) is 1. The lowest BCUT2D eigenvalue weighted by molar-refractivity contribution is -0.119. The number of fused-ring (bicyclic) bond motifs is 1. The molecule has 2 aromatic rings. The number of carbonyl (C=O) groups excluding carboxylic acids is 2. The summed E-state index contributed by atoms with van der Waals surface area (Å²) in [5.41, 5.74) is 3.64. The second-order valence-corrected chi connectivity index (χ2v) is 5.79. The van der Waals surface area contributed by atoms with Crippen molar-refractivity contribution in [2.24, 2.45) is 0 Å². The third-order valence-electron chi connectivity index (χ3n) is 4.27. The van der Waals surface area contributed by atoms with E-state index in [9.17, 15) is 9.59 Å². The fraction of sp³-hybridized carbons (Fsp3) is 0.278. The maximum Gasteiger partial charge on any atom is 0.231 e. The predicted octanol–water partition coefficient (Wildman–Crippen LogP) is 2.73. The van der Waals surface area contributed by atoms with Gasteiger partial charge < -0.3 is 10.2 Å². The zero-order chi connectivity index (χ0) is 16.4. The van der Waals surface area contributed by atoms with Crippen molar-refractivity contribution < 1.29 is 9.59 Å². The quantitative estimate of drug-likeness (QED) is 0.948. The minimum atomic E-state index is -0.274. The van der Waals surface area contributed by atoms with Crippen molar-refractivity contribution >= 4 is 23.2 Å². The fourth-order valence-corrected chi connectivity index (χ4v) is 2.77. The van der Waals surface area contributed by atoms with Crippen LogP contribution < -0.4 is 10.2 Å². The third-order valence-corrected chi connectivity index (χ3v) is 4.27. The molecule has 23 heavy (non-hydrogen) atoms. The maximum absolute atomic E-state index is 12.4. The van der Waals surface area contributed by atoms with Gasteiger partial charge in [-0.05, 0) is 48.7 Å². The van der Waals surface area contributed by atoms with Gasteiger partial charge >= 0.3 is 0 Å². The molecule has 0 unspecified atom stereocenters. The second kappa shape index (κ2) is 6.20. The summed E-state index contributed by atoms with van der Waals surface area (Å²) >= 11 is 0. The van der Waals surface area contributed by atoms with Gasteiger partial charge in [0.2, 0.25) is 11.8 Å². The average molecular weight is 309 g/mol. The molecule has 1 aromatic carbocycles. The summed E-state index contributed by atoms with van der Waals surface area (Å²) in [7, 11) is 1.78. The highest BCUT2D eigenvalue weighted by atomic mass is 16.2. The van der Waals surface area contributed by atoms with Crippen LogP contribution in [0, 0.1) is 0 Å². The number of aromatic nitrogens is 1. The zero-order valence-corrected chi connectivity index (χ0v) is 13.2. The normalized spacial score (nSPS) is 15.0. The number of carbonyl (C=O) groups is 2. The first-order valence-corrected chi connectivity index (χ1v) is 7.66. The molecule has 1 aliphatic rings. The van der Waals surface area contributed by atoms with Crippen molar-refractivity contribution in [1.82, 2.24) is 4.98 Å². The Hall–Kier alpha value is -2.69. The van der Waals surface area contributed by atoms with E-state index in [1.807, 2.05) is 37.3 Å². The number of benzene rings is 1. The van der Waals surface area contributed by atoms with E-state index in [2.05, 4.69) is 10.3 Å². The van der Waals surface area contributed by atoms with Crippen LogP contribution in [-0.2, 0) is 16.0 Å². The molecule has 118 valence electrons. The van der Waals surface area contributed by atoms with Crippen LogP contribution in [0.15, 0.2) is 42.7 Å². The van der Waals surface area contributed by atoms with E-state index in [0.29, 0.717) is 12.8 Å². The molecular formula is C18H19N3O2. The third kappa shape index (κ3) is 3.08. The van der Waals surface area contributed by atoms with E-state index in [1.54, 1.807) is 24.3 Å². The molecule has 0 spiro atoms. The van der Waals surface area contributed by atoms with Gasteiger partial charge in [-0.3, -0.25) is 14.6 Å². The van der Waals surface area contributed by atoms with Crippen LogP contribution in [0.2, 0.25) is 0 Å². The Morgan fingerprint density at radius 3 is 2.87 bits per heavy atom. The van der Waals surface area contributed by atoms with Crippen molar-refractivity contribution in [3.05, 3.63) is 53.9 Å². The Morgan fingerprint density at radius 2 is 2.13 bits per heavy atom. The van der Waals surface area contributed by atoms with E-state index < -0.39 is 0 Å². The molecular weight excluding hydrogens is 290 g/mol. The minimum Gasteiger partial charge on any atom is -0.326 e. The molecule has 1 aliphatic heterocycles. The second-order valence-electron chi connectivity index (χ2n) is 5.79. The summed E-state index contributed by atoms with van der Waals surface area (Å²) in [6.07, 6.45) is 4.61. The number of amides is 2. The molecule has 0 saturated heterocycles. The van der Waals surface area contributed by atoms with Gasteiger partial charge in [-0.15, -0.1) is 0 Å². The van der Waals surface area contributed by atoms with Crippen LogP contribution in [0.4, 0.5) is 11.4 Å². The molecule has 3 rings (SSSR count). The first-order chi connectivity index (χ1) is 11.1. The SMILES string of the molecule is C[C@@H](C(=O)Nc1ccc2c(c1)CCC(=O)N2C)c1cccnc1. The maximum atomic E-state index is 12.4. The van der Waals surface area contributed by atoms with Crippen LogP contribution in [0.3, 0.4) is 0 Å². The Bertz CT molecular complexity index is 743. The van der Waals surface area contributed by atoms with Crippen LogP contribution in [-0.4, -0.2) is 23.8 Å². The van der Waals surface area contributed by atoms with Gasteiger partial charge in [-0.2, -0.15) is 0 Å². The van der Waals surface area contributed by atoms with Crippen molar-refractivity contribution in [3.8, 4) is 0 Å². The van der Waals surface area contributed by atoms with Crippen molar-refractivity contribution in [1.29, 1.82) is 0 Å². The lowest BCUT2D eigenvalue weighted by Gasteiger charge is -2.26.